The molecule has 2 atom stereocenters. The summed E-state index contributed by atoms with van der Waals surface area (Å²) >= 11 is 0. The van der Waals surface area contributed by atoms with Crippen LogP contribution in [-0.4, -0.2) is 18.0 Å². The van der Waals surface area contributed by atoms with Gasteiger partial charge in [0.15, 0.2) is 5.41 Å². The Morgan fingerprint density at radius 2 is 1.32 bits per heavy atom. The van der Waals surface area contributed by atoms with Crippen LogP contribution < -0.4 is 0 Å². The van der Waals surface area contributed by atoms with Gasteiger partial charge in [0.2, 0.25) is 0 Å². The van der Waals surface area contributed by atoms with E-state index in [1.54, 1.807) is 0 Å². The highest BCUT2D eigenvalue weighted by Crippen LogP contribution is 2.52. The van der Waals surface area contributed by atoms with Crippen molar-refractivity contribution in [3.8, 4) is 0 Å². The van der Waals surface area contributed by atoms with Gasteiger partial charge in [0.25, 0.3) is 0 Å². The SMILES string of the molecule is C[C@H]1O[C@@H](c2ccc3ccccc3c2)CC2=C1CC(C(=O)OCc1ccccc1)(C(=O)OCc1ccccc1)C2. The maximum absolute atomic E-state index is 13.8. The van der Waals surface area contributed by atoms with E-state index in [1.807, 2.05) is 79.7 Å². The summed E-state index contributed by atoms with van der Waals surface area (Å²) in [7, 11) is 0. The zero-order chi connectivity index (χ0) is 27.5. The highest BCUT2D eigenvalue weighted by Gasteiger charge is 2.55. The Hall–Kier alpha value is -4.22. The van der Waals surface area contributed by atoms with Crippen LogP contribution in [0.2, 0.25) is 0 Å². The van der Waals surface area contributed by atoms with Crippen LogP contribution in [-0.2, 0) is 37.0 Å². The van der Waals surface area contributed by atoms with Crippen molar-refractivity contribution in [2.45, 2.75) is 51.6 Å². The minimum absolute atomic E-state index is 0.101. The van der Waals surface area contributed by atoms with Crippen molar-refractivity contribution < 1.29 is 23.8 Å². The molecule has 0 fully saturated rings. The number of hydrogen-bond donors (Lipinski definition) is 0. The number of carbonyl (C=O) groups excluding carboxylic acids is 2. The van der Waals surface area contributed by atoms with Crippen molar-refractivity contribution in [2.24, 2.45) is 5.41 Å². The summed E-state index contributed by atoms with van der Waals surface area (Å²) in [6.45, 7) is 2.21. The molecule has 1 aliphatic heterocycles. The molecule has 6 rings (SSSR count). The molecule has 5 nitrogen and oxygen atoms in total. The fraction of sp³-hybridized carbons (Fsp3) is 0.257. The van der Waals surface area contributed by atoms with Crippen LogP contribution in [0, 0.1) is 5.41 Å². The molecular weight excluding hydrogens is 500 g/mol. The molecule has 0 spiro atoms. The summed E-state index contributed by atoms with van der Waals surface area (Å²) in [4.78, 5) is 27.5. The minimum atomic E-state index is -1.43. The maximum atomic E-state index is 13.8. The normalized spacial score (nSPS) is 19.7. The second kappa shape index (κ2) is 11.1. The standard InChI is InChI=1S/C35H32O5/c1-24-31-21-35(33(36)38-22-25-10-4-2-5-11-25,34(37)39-23-26-12-6-3-7-13-26)20-30(31)19-32(40-24)29-17-16-27-14-8-9-15-28(27)18-29/h2-18,24,32H,19-23H2,1H3/t24-,32-/m1/s1. The monoisotopic (exact) mass is 532 g/mol. The van der Waals surface area contributed by atoms with Gasteiger partial charge in [-0.2, -0.15) is 0 Å². The van der Waals surface area contributed by atoms with E-state index in [-0.39, 0.29) is 38.3 Å². The van der Waals surface area contributed by atoms with Gasteiger partial charge in [-0.3, -0.25) is 9.59 Å². The topological polar surface area (TPSA) is 61.8 Å². The van der Waals surface area contributed by atoms with Crippen LogP contribution >= 0.6 is 0 Å². The fourth-order valence-corrected chi connectivity index (χ4v) is 5.92. The zero-order valence-electron chi connectivity index (χ0n) is 22.5. The third-order valence-electron chi connectivity index (χ3n) is 8.10. The molecule has 40 heavy (non-hydrogen) atoms. The van der Waals surface area contributed by atoms with Crippen molar-refractivity contribution in [2.75, 3.05) is 0 Å². The van der Waals surface area contributed by atoms with Gasteiger partial charge < -0.3 is 14.2 Å². The van der Waals surface area contributed by atoms with Gasteiger partial charge in [0, 0.05) is 0 Å². The lowest BCUT2D eigenvalue weighted by atomic mass is 9.83. The number of carbonyl (C=O) groups is 2. The first kappa shape index (κ1) is 26.0. The maximum Gasteiger partial charge on any atom is 0.324 e. The molecule has 0 amide bonds. The lowest BCUT2D eigenvalue weighted by Gasteiger charge is -2.30. The third kappa shape index (κ3) is 5.17. The number of fused-ring (bicyclic) bond motifs is 1. The molecule has 2 aliphatic rings. The van der Waals surface area contributed by atoms with Crippen LogP contribution in [0.4, 0.5) is 0 Å². The Morgan fingerprint density at radius 3 is 1.95 bits per heavy atom. The van der Waals surface area contributed by atoms with Gasteiger partial charge in [-0.1, -0.05) is 103 Å². The van der Waals surface area contributed by atoms with Crippen molar-refractivity contribution >= 4 is 22.7 Å². The van der Waals surface area contributed by atoms with Crippen molar-refractivity contribution in [3.63, 3.8) is 0 Å². The second-order valence-corrected chi connectivity index (χ2v) is 10.8. The Morgan fingerprint density at radius 1 is 0.750 bits per heavy atom. The summed E-state index contributed by atoms with van der Waals surface area (Å²) in [5.41, 5.74) is 3.49. The average molecular weight is 533 g/mol. The fourth-order valence-electron chi connectivity index (χ4n) is 5.92. The lowest BCUT2D eigenvalue weighted by molar-refractivity contribution is -0.173. The van der Waals surface area contributed by atoms with Crippen LogP contribution in [0.25, 0.3) is 10.8 Å². The van der Waals surface area contributed by atoms with E-state index in [0.717, 1.165) is 33.2 Å². The van der Waals surface area contributed by atoms with Gasteiger partial charge in [-0.15, -0.1) is 0 Å². The molecule has 5 heteroatoms. The minimum Gasteiger partial charge on any atom is -0.460 e. The largest absolute Gasteiger partial charge is 0.460 e. The molecule has 0 bridgehead atoms. The second-order valence-electron chi connectivity index (χ2n) is 10.8. The zero-order valence-corrected chi connectivity index (χ0v) is 22.5. The molecule has 1 heterocycles. The van der Waals surface area contributed by atoms with E-state index in [1.165, 1.54) is 5.39 Å². The predicted molar refractivity (Wildman–Crippen MR) is 153 cm³/mol. The number of hydrogen-bond acceptors (Lipinski definition) is 5. The Balaban J connectivity index is 1.25. The number of benzene rings is 4. The molecule has 0 radical (unpaired) electrons. The molecule has 1 aliphatic carbocycles. The number of rotatable bonds is 7. The highest BCUT2D eigenvalue weighted by molar-refractivity contribution is 6.01. The van der Waals surface area contributed by atoms with Gasteiger partial charge in [0.1, 0.15) is 13.2 Å². The quantitative estimate of drug-likeness (QED) is 0.142. The molecule has 0 aromatic heterocycles. The summed E-state index contributed by atoms with van der Waals surface area (Å²) in [6.07, 6.45) is 0.759. The first-order valence-electron chi connectivity index (χ1n) is 13.8. The predicted octanol–water partition coefficient (Wildman–Crippen LogP) is 7.25. The molecular formula is C35H32O5. The Kier molecular flexibility index (Phi) is 7.23. The summed E-state index contributed by atoms with van der Waals surface area (Å²) in [6, 6.07) is 33.7. The Bertz CT molecular complexity index is 1500. The van der Waals surface area contributed by atoms with E-state index in [9.17, 15) is 9.59 Å². The summed E-state index contributed by atoms with van der Waals surface area (Å²) in [5.74, 6) is -1.09. The molecule has 0 N–H and O–H groups in total. The van der Waals surface area contributed by atoms with E-state index < -0.39 is 17.4 Å². The first-order chi connectivity index (χ1) is 19.5. The van der Waals surface area contributed by atoms with Gasteiger partial charge in [-0.25, -0.2) is 0 Å². The number of ether oxygens (including phenoxy) is 3. The van der Waals surface area contributed by atoms with Crippen molar-refractivity contribution in [1.82, 2.24) is 0 Å². The molecule has 0 unspecified atom stereocenters. The average Bonchev–Trinajstić information content (AvgIpc) is 3.41. The van der Waals surface area contributed by atoms with E-state index in [0.29, 0.717) is 6.42 Å². The number of esters is 2. The molecule has 0 saturated heterocycles. The van der Waals surface area contributed by atoms with Gasteiger partial charge >= 0.3 is 11.9 Å². The first-order valence-corrected chi connectivity index (χ1v) is 13.8. The van der Waals surface area contributed by atoms with Gasteiger partial charge in [0.05, 0.1) is 12.2 Å². The lowest BCUT2D eigenvalue weighted by Crippen LogP contribution is -2.40. The molecule has 4 aromatic rings. The van der Waals surface area contributed by atoms with Crippen LogP contribution in [0.1, 0.15) is 49.0 Å². The van der Waals surface area contributed by atoms with Crippen LogP contribution in [0.5, 0.6) is 0 Å². The highest BCUT2D eigenvalue weighted by atomic mass is 16.6. The molecule has 202 valence electrons. The molecule has 4 aromatic carbocycles. The van der Waals surface area contributed by atoms with Gasteiger partial charge in [-0.05, 0) is 65.3 Å². The van der Waals surface area contributed by atoms with E-state index >= 15 is 0 Å². The third-order valence-corrected chi connectivity index (χ3v) is 8.10. The summed E-state index contributed by atoms with van der Waals surface area (Å²) < 4.78 is 18.0. The van der Waals surface area contributed by atoms with Crippen molar-refractivity contribution in [3.05, 3.63) is 131 Å². The Labute approximate surface area is 234 Å². The van der Waals surface area contributed by atoms with Crippen LogP contribution in [0.15, 0.2) is 114 Å². The van der Waals surface area contributed by atoms with E-state index in [4.69, 9.17) is 14.2 Å². The summed E-state index contributed by atoms with van der Waals surface area (Å²) in [5, 5.41) is 2.34. The smallest absolute Gasteiger partial charge is 0.324 e. The van der Waals surface area contributed by atoms with Crippen LogP contribution in [0.3, 0.4) is 0 Å². The van der Waals surface area contributed by atoms with Crippen molar-refractivity contribution in [1.29, 1.82) is 0 Å². The van der Waals surface area contributed by atoms with E-state index in [2.05, 4.69) is 30.3 Å². The molecule has 0 saturated carbocycles.